The second kappa shape index (κ2) is 34.8. The maximum absolute atomic E-state index is 5.02. The van der Waals surface area contributed by atoms with Crippen LogP contribution in [0.15, 0.2) is 10.2 Å². The summed E-state index contributed by atoms with van der Waals surface area (Å²) in [5.41, 5.74) is 0. The number of hydrogen-bond donors (Lipinski definition) is 0. The van der Waals surface area contributed by atoms with E-state index in [1.54, 1.807) is 13.3 Å². The molecule has 0 aromatic carbocycles. The zero-order valence-corrected chi connectivity index (χ0v) is 27.5. The predicted molar refractivity (Wildman–Crippen MR) is 164 cm³/mol. The Hall–Kier alpha value is -0.341. The summed E-state index contributed by atoms with van der Waals surface area (Å²) in [4.78, 5) is 0. The van der Waals surface area contributed by atoms with E-state index in [1.165, 1.54) is 103 Å². The van der Waals surface area contributed by atoms with Crippen molar-refractivity contribution in [1.82, 2.24) is 0 Å². The normalized spacial score (nSPS) is 10.6. The van der Waals surface area contributed by atoms with Crippen LogP contribution in [0.25, 0.3) is 0 Å². The first kappa shape index (κ1) is 38.2. The molecule has 0 amide bonds. The fraction of sp³-hybridized carbons (Fsp3) is 0.818. The van der Waals surface area contributed by atoms with Crippen LogP contribution < -0.4 is 0 Å². The van der Waals surface area contributed by atoms with Crippen molar-refractivity contribution < 1.29 is 0 Å². The van der Waals surface area contributed by atoms with Crippen molar-refractivity contribution >= 4 is 18.4 Å². The second-order valence-corrected chi connectivity index (χ2v) is 22.9. The number of unbranched alkanes of at least 4 members (excludes halogenated alkanes) is 12. The van der Waals surface area contributed by atoms with Crippen LogP contribution in [0.4, 0.5) is 0 Å². The van der Waals surface area contributed by atoms with Crippen LogP contribution in [0, 0.1) is 24.7 Å². The minimum absolute atomic E-state index is 0.952. The molecule has 0 fully saturated rings. The van der Waals surface area contributed by atoms with Gasteiger partial charge >= 0.3 is 134 Å². The molecule has 0 bridgehead atoms. The summed E-state index contributed by atoms with van der Waals surface area (Å²) in [6.07, 6.45) is 36.2. The Morgan fingerprint density at radius 3 is 1.18 bits per heavy atom. The van der Waals surface area contributed by atoms with Gasteiger partial charge in [0.05, 0.1) is 0 Å². The first-order valence-electron chi connectivity index (χ1n) is 15.1. The van der Waals surface area contributed by atoms with E-state index in [0.717, 1.165) is 12.8 Å². The van der Waals surface area contributed by atoms with Crippen LogP contribution in [0.3, 0.4) is 0 Å². The number of rotatable bonds is 20. The van der Waals surface area contributed by atoms with Gasteiger partial charge in [-0.25, -0.2) is 0 Å². The van der Waals surface area contributed by atoms with Crippen LogP contribution in [0.1, 0.15) is 157 Å². The zero-order valence-electron chi connectivity index (χ0n) is 24.7. The van der Waals surface area contributed by atoms with Gasteiger partial charge in [-0.1, -0.05) is 39.5 Å². The van der Waals surface area contributed by atoms with E-state index in [1.807, 2.05) is 0 Å². The van der Waals surface area contributed by atoms with Gasteiger partial charge in [-0.3, -0.25) is 0 Å². The summed E-state index contributed by atoms with van der Waals surface area (Å²) in [5.74, 6) is 5.20. The number of terminal acetylenes is 2. The molecule has 0 nitrogen and oxygen atoms in total. The van der Waals surface area contributed by atoms with Crippen molar-refractivity contribution in [1.29, 1.82) is 0 Å². The first-order chi connectivity index (χ1) is 16.6. The molecule has 0 N–H and O–H groups in total. The van der Waals surface area contributed by atoms with Gasteiger partial charge in [-0.15, -0.1) is 24.7 Å². The van der Waals surface area contributed by atoms with Crippen LogP contribution in [0.5, 0.6) is 0 Å². The van der Waals surface area contributed by atoms with Gasteiger partial charge in [-0.05, 0) is 12.8 Å². The zero-order chi connectivity index (χ0) is 26.2. The van der Waals surface area contributed by atoms with Crippen molar-refractivity contribution in [3.8, 4) is 24.7 Å². The molecule has 1 heteroatoms. The Morgan fingerprint density at radius 2 is 0.853 bits per heavy atom. The Bertz CT molecular complexity index is 420. The monoisotopic (exact) mass is 580 g/mol. The molecule has 0 atom stereocenters. The van der Waals surface area contributed by atoms with Gasteiger partial charge in [0, 0.05) is 12.8 Å². The summed E-state index contributed by atoms with van der Waals surface area (Å²) in [6.45, 7) is 13.7. The molecule has 0 saturated heterocycles. The van der Waals surface area contributed by atoms with Gasteiger partial charge in [0.25, 0.3) is 0 Å². The van der Waals surface area contributed by atoms with Crippen LogP contribution >= 0.6 is 0 Å². The quantitative estimate of drug-likeness (QED) is 0.0765. The van der Waals surface area contributed by atoms with E-state index in [4.69, 9.17) is 12.8 Å². The first-order valence-corrected chi connectivity index (χ1v) is 22.8. The van der Waals surface area contributed by atoms with Gasteiger partial charge in [0.1, 0.15) is 0 Å². The third-order valence-electron chi connectivity index (χ3n) is 6.38. The van der Waals surface area contributed by atoms with E-state index >= 15 is 0 Å². The summed E-state index contributed by atoms with van der Waals surface area (Å²) in [5, 5.41) is 0. The third kappa shape index (κ3) is 31.7. The van der Waals surface area contributed by atoms with Crippen LogP contribution in [-0.2, 0) is 0 Å². The molecule has 0 unspecified atom stereocenters. The Morgan fingerprint density at radius 1 is 0.500 bits per heavy atom. The summed E-state index contributed by atoms with van der Waals surface area (Å²) >= 11 is -1.93. The predicted octanol–water partition coefficient (Wildman–Crippen LogP) is 11.9. The molecule has 0 aromatic rings. The Labute approximate surface area is 222 Å². The van der Waals surface area contributed by atoms with Crippen LogP contribution in [-0.4, -0.2) is 18.4 Å². The topological polar surface area (TPSA) is 0 Å². The molecule has 0 aliphatic rings. The fourth-order valence-corrected chi connectivity index (χ4v) is 18.5. The minimum atomic E-state index is -1.93. The SMILES string of the molecule is C#CCCCCC.C#CCCCCC.CCCCCC=[CH][Sn]([CH2]CCC)([CH2]CCC)[CH2]CCC. The van der Waals surface area contributed by atoms with Crippen molar-refractivity contribution in [3.63, 3.8) is 0 Å². The molecule has 0 heterocycles. The van der Waals surface area contributed by atoms with Gasteiger partial charge in [0.15, 0.2) is 0 Å². The maximum atomic E-state index is 5.02. The van der Waals surface area contributed by atoms with Gasteiger partial charge in [0.2, 0.25) is 0 Å². The van der Waals surface area contributed by atoms with E-state index < -0.39 is 18.4 Å². The van der Waals surface area contributed by atoms with E-state index in [9.17, 15) is 0 Å². The molecular formula is C33H64Sn. The summed E-state index contributed by atoms with van der Waals surface area (Å²) in [6, 6.07) is 0. The second-order valence-electron chi connectivity index (χ2n) is 9.89. The molecule has 34 heavy (non-hydrogen) atoms. The standard InChI is InChI=1S/C7H13.2C7H12.3C4H9.Sn/c3*1-3-5-7-6-4-2;3*1-3-4-2;/h1,3H,4-7H2,2H3;2*1H,4-7H2,2H3;3*1,3-4H2,2H3;. The van der Waals surface area contributed by atoms with E-state index in [2.05, 4.69) is 63.6 Å². The average molecular weight is 580 g/mol. The third-order valence-corrected chi connectivity index (χ3v) is 20.6. The molecule has 0 radical (unpaired) electrons. The fourth-order valence-electron chi connectivity index (χ4n) is 4.01. The molecule has 0 saturated carbocycles. The molecule has 0 rings (SSSR count). The summed E-state index contributed by atoms with van der Waals surface area (Å²) in [7, 11) is 0. The number of hydrogen-bond acceptors (Lipinski definition) is 0. The van der Waals surface area contributed by atoms with Crippen molar-refractivity contribution in [2.45, 2.75) is 170 Å². The van der Waals surface area contributed by atoms with Crippen molar-refractivity contribution in [2.75, 3.05) is 0 Å². The molecule has 0 aliphatic carbocycles. The van der Waals surface area contributed by atoms with E-state index in [0.29, 0.717) is 0 Å². The molecular weight excluding hydrogens is 515 g/mol. The Balaban J connectivity index is -0.000000558. The molecule has 0 aromatic heterocycles. The molecule has 200 valence electrons. The van der Waals surface area contributed by atoms with Crippen LogP contribution in [0.2, 0.25) is 13.3 Å². The Kier molecular flexibility index (Phi) is 39.1. The number of allylic oxidation sites excluding steroid dienone is 1. The molecule has 0 aliphatic heterocycles. The summed E-state index contributed by atoms with van der Waals surface area (Å²) < 4.78 is 7.70. The van der Waals surface area contributed by atoms with Gasteiger partial charge in [-0.2, -0.15) is 0 Å². The molecule has 0 spiro atoms. The van der Waals surface area contributed by atoms with Crippen molar-refractivity contribution in [3.05, 3.63) is 10.2 Å². The van der Waals surface area contributed by atoms with Gasteiger partial charge < -0.3 is 0 Å². The van der Waals surface area contributed by atoms with E-state index in [-0.39, 0.29) is 0 Å². The van der Waals surface area contributed by atoms with Crippen molar-refractivity contribution in [2.24, 2.45) is 0 Å². The average Bonchev–Trinajstić information content (AvgIpc) is 2.86.